The minimum Gasteiger partial charge on any atom is -0.368 e. The largest absolute Gasteiger partial charge is 0.368 e. The predicted octanol–water partition coefficient (Wildman–Crippen LogP) is 2.21. The molecule has 1 aliphatic rings. The zero-order valence-electron chi connectivity index (χ0n) is 12.9. The van der Waals surface area contributed by atoms with Crippen molar-refractivity contribution in [1.29, 1.82) is 0 Å². The van der Waals surface area contributed by atoms with Gasteiger partial charge in [0.1, 0.15) is 0 Å². The van der Waals surface area contributed by atoms with Crippen LogP contribution in [0.1, 0.15) is 17.0 Å². The Morgan fingerprint density at radius 1 is 1.29 bits per heavy atom. The number of hydrogen-bond donors (Lipinski definition) is 1. The second-order valence-corrected chi connectivity index (χ2v) is 6.73. The van der Waals surface area contributed by atoms with Gasteiger partial charge in [-0.15, -0.1) is 11.3 Å². The molecule has 4 rings (SSSR count). The van der Waals surface area contributed by atoms with E-state index in [4.69, 9.17) is 10.3 Å². The zero-order chi connectivity index (χ0) is 16.5. The van der Waals surface area contributed by atoms with Gasteiger partial charge in [-0.05, 0) is 29.0 Å². The average Bonchev–Trinajstić information content (AvgIpc) is 3.25. The molecule has 1 aliphatic heterocycles. The maximum absolute atomic E-state index is 11.9. The summed E-state index contributed by atoms with van der Waals surface area (Å²) in [6.45, 7) is 1.04. The molecule has 24 heavy (non-hydrogen) atoms. The summed E-state index contributed by atoms with van der Waals surface area (Å²) in [5, 5.41) is 5.99. The summed E-state index contributed by atoms with van der Waals surface area (Å²) in [5.74, 6) is 0.736. The topological polar surface area (TPSA) is 85.3 Å². The lowest BCUT2D eigenvalue weighted by Gasteiger charge is -2.33. The standard InChI is InChI=1S/C17H16N4O2S/c18-16(22)13-8-11-4-1-2-5-12(11)9-21(13)10-15-19-17(20-23-15)14-6-3-7-24-14/h1-7,13H,8-10H2,(H2,18,22)/t13-/m1/s1. The molecule has 0 saturated heterocycles. The highest BCUT2D eigenvalue weighted by atomic mass is 32.1. The average molecular weight is 340 g/mol. The fraction of sp³-hybridized carbons (Fsp3) is 0.235. The lowest BCUT2D eigenvalue weighted by atomic mass is 9.93. The minimum absolute atomic E-state index is 0.331. The van der Waals surface area contributed by atoms with Crippen LogP contribution in [0.3, 0.4) is 0 Å². The van der Waals surface area contributed by atoms with Crippen LogP contribution in [0.2, 0.25) is 0 Å². The Labute approximate surface area is 142 Å². The van der Waals surface area contributed by atoms with Crippen molar-refractivity contribution in [2.75, 3.05) is 0 Å². The zero-order valence-corrected chi connectivity index (χ0v) is 13.7. The monoisotopic (exact) mass is 340 g/mol. The van der Waals surface area contributed by atoms with Crippen molar-refractivity contribution in [3.8, 4) is 10.7 Å². The summed E-state index contributed by atoms with van der Waals surface area (Å²) < 4.78 is 5.36. The molecule has 0 radical (unpaired) electrons. The molecular formula is C17H16N4O2S. The third kappa shape index (κ3) is 2.83. The van der Waals surface area contributed by atoms with Crippen LogP contribution in [0, 0.1) is 0 Å². The van der Waals surface area contributed by atoms with E-state index in [1.165, 1.54) is 11.1 Å². The maximum Gasteiger partial charge on any atom is 0.241 e. The van der Waals surface area contributed by atoms with Crippen LogP contribution in [0.15, 0.2) is 46.3 Å². The van der Waals surface area contributed by atoms with Crippen LogP contribution in [0.5, 0.6) is 0 Å². The van der Waals surface area contributed by atoms with Gasteiger partial charge in [0.2, 0.25) is 17.6 Å². The smallest absolute Gasteiger partial charge is 0.241 e. The number of nitrogens with two attached hydrogens (primary N) is 1. The summed E-state index contributed by atoms with van der Waals surface area (Å²) in [6.07, 6.45) is 0.609. The number of amides is 1. The van der Waals surface area contributed by atoms with Gasteiger partial charge in [-0.2, -0.15) is 4.98 Å². The molecule has 1 amide bonds. The second-order valence-electron chi connectivity index (χ2n) is 5.79. The van der Waals surface area contributed by atoms with E-state index < -0.39 is 0 Å². The molecule has 1 aromatic carbocycles. The van der Waals surface area contributed by atoms with Crippen LogP contribution in [-0.2, 0) is 24.3 Å². The number of thiophene rings is 1. The first-order valence-electron chi connectivity index (χ1n) is 7.67. The molecule has 0 spiro atoms. The minimum atomic E-state index is -0.364. The normalized spacial score (nSPS) is 17.6. The van der Waals surface area contributed by atoms with Crippen LogP contribution >= 0.6 is 11.3 Å². The van der Waals surface area contributed by atoms with Gasteiger partial charge in [-0.25, -0.2) is 0 Å². The van der Waals surface area contributed by atoms with Crippen molar-refractivity contribution in [3.63, 3.8) is 0 Å². The number of carbonyl (C=O) groups excluding carboxylic acids is 1. The first-order chi connectivity index (χ1) is 11.7. The lowest BCUT2D eigenvalue weighted by molar-refractivity contribution is -0.124. The summed E-state index contributed by atoms with van der Waals surface area (Å²) in [6, 6.07) is 11.6. The molecule has 0 saturated carbocycles. The lowest BCUT2D eigenvalue weighted by Crippen LogP contribution is -2.48. The summed E-state index contributed by atoms with van der Waals surface area (Å²) in [4.78, 5) is 19.3. The van der Waals surface area contributed by atoms with Gasteiger partial charge < -0.3 is 10.3 Å². The number of benzene rings is 1. The Kier molecular flexibility index (Phi) is 3.87. The first-order valence-corrected chi connectivity index (χ1v) is 8.55. The molecule has 3 heterocycles. The Hall–Kier alpha value is -2.51. The van der Waals surface area contributed by atoms with Gasteiger partial charge in [-0.3, -0.25) is 9.69 Å². The van der Waals surface area contributed by atoms with Crippen molar-refractivity contribution in [3.05, 3.63) is 58.8 Å². The van der Waals surface area contributed by atoms with E-state index in [0.29, 0.717) is 31.2 Å². The van der Waals surface area contributed by atoms with Gasteiger partial charge in [-0.1, -0.05) is 35.5 Å². The van der Waals surface area contributed by atoms with Crippen LogP contribution in [0.4, 0.5) is 0 Å². The van der Waals surface area contributed by atoms with Crippen molar-refractivity contribution >= 4 is 17.2 Å². The highest BCUT2D eigenvalue weighted by Crippen LogP contribution is 2.26. The molecule has 0 unspecified atom stereocenters. The maximum atomic E-state index is 11.9. The molecule has 1 atom stereocenters. The van der Waals surface area contributed by atoms with E-state index >= 15 is 0 Å². The SMILES string of the molecule is NC(=O)[C@H]1Cc2ccccc2CN1Cc1nc(-c2cccs2)no1. The molecule has 6 nitrogen and oxygen atoms in total. The third-order valence-electron chi connectivity index (χ3n) is 4.22. The molecule has 2 N–H and O–H groups in total. The highest BCUT2D eigenvalue weighted by molar-refractivity contribution is 7.13. The van der Waals surface area contributed by atoms with Gasteiger partial charge >= 0.3 is 0 Å². The van der Waals surface area contributed by atoms with Gasteiger partial charge in [0.05, 0.1) is 17.5 Å². The van der Waals surface area contributed by atoms with Gasteiger partial charge in [0, 0.05) is 6.54 Å². The van der Waals surface area contributed by atoms with Crippen LogP contribution < -0.4 is 5.73 Å². The van der Waals surface area contributed by atoms with Crippen molar-refractivity contribution < 1.29 is 9.32 Å². The molecule has 0 bridgehead atoms. The van der Waals surface area contributed by atoms with Crippen molar-refractivity contribution in [2.45, 2.75) is 25.6 Å². The number of primary amides is 1. The molecular weight excluding hydrogens is 324 g/mol. The number of rotatable bonds is 4. The fourth-order valence-corrected chi connectivity index (χ4v) is 3.67. The van der Waals surface area contributed by atoms with Crippen molar-refractivity contribution in [2.24, 2.45) is 5.73 Å². The first kappa shape index (κ1) is 15.0. The van der Waals surface area contributed by atoms with Gasteiger partial charge in [0.25, 0.3) is 0 Å². The fourth-order valence-electron chi connectivity index (χ4n) is 3.02. The third-order valence-corrected chi connectivity index (χ3v) is 5.09. The molecule has 3 aromatic rings. The Morgan fingerprint density at radius 2 is 2.12 bits per heavy atom. The number of carbonyl (C=O) groups is 1. The van der Waals surface area contributed by atoms with Crippen LogP contribution in [0.25, 0.3) is 10.7 Å². The number of hydrogen-bond acceptors (Lipinski definition) is 6. The summed E-state index contributed by atoms with van der Waals surface area (Å²) in [7, 11) is 0. The van der Waals surface area contributed by atoms with E-state index in [-0.39, 0.29) is 11.9 Å². The second kappa shape index (κ2) is 6.18. The predicted molar refractivity (Wildman–Crippen MR) is 90.0 cm³/mol. The number of fused-ring (bicyclic) bond motifs is 1. The van der Waals surface area contributed by atoms with E-state index in [1.807, 2.05) is 40.6 Å². The summed E-state index contributed by atoms with van der Waals surface area (Å²) >= 11 is 1.56. The highest BCUT2D eigenvalue weighted by Gasteiger charge is 2.31. The van der Waals surface area contributed by atoms with Gasteiger partial charge in [0.15, 0.2) is 0 Å². The molecule has 122 valence electrons. The summed E-state index contributed by atoms with van der Waals surface area (Å²) in [5.41, 5.74) is 7.98. The van der Waals surface area contributed by atoms with E-state index in [1.54, 1.807) is 11.3 Å². The Balaban J connectivity index is 1.57. The molecule has 7 heteroatoms. The van der Waals surface area contributed by atoms with Crippen molar-refractivity contribution in [1.82, 2.24) is 15.0 Å². The number of aromatic nitrogens is 2. The molecule has 2 aromatic heterocycles. The van der Waals surface area contributed by atoms with E-state index in [0.717, 1.165) is 4.88 Å². The quantitative estimate of drug-likeness (QED) is 0.787. The molecule has 0 fully saturated rings. The van der Waals surface area contributed by atoms with Crippen LogP contribution in [-0.4, -0.2) is 27.0 Å². The Bertz CT molecular complexity index is 859. The van der Waals surface area contributed by atoms with E-state index in [2.05, 4.69) is 16.2 Å². The number of nitrogens with zero attached hydrogens (tertiary/aromatic N) is 3. The Morgan fingerprint density at radius 3 is 2.88 bits per heavy atom. The van der Waals surface area contributed by atoms with E-state index in [9.17, 15) is 4.79 Å². The molecule has 0 aliphatic carbocycles.